The number of methoxy groups -OCH3 is 2. The Morgan fingerprint density at radius 3 is 1.27 bits per heavy atom. The summed E-state index contributed by atoms with van der Waals surface area (Å²) in [6.45, 7) is 0. The van der Waals surface area contributed by atoms with E-state index in [1.807, 2.05) is 0 Å². The van der Waals surface area contributed by atoms with Crippen LogP contribution in [0.15, 0.2) is 42.5 Å². The third-order valence-corrected chi connectivity index (χ3v) is 6.82. The highest BCUT2D eigenvalue weighted by Gasteiger charge is 2.28. The minimum absolute atomic E-state index is 0.0392. The van der Waals surface area contributed by atoms with Gasteiger partial charge in [-0.05, 0) is 0 Å². The van der Waals surface area contributed by atoms with E-state index in [4.69, 9.17) is 93.3 Å². The van der Waals surface area contributed by atoms with Gasteiger partial charge in [0.15, 0.2) is 28.7 Å². The molecule has 40 heavy (non-hydrogen) atoms. The molecule has 14 heteroatoms. The molecule has 0 heterocycles. The predicted molar refractivity (Wildman–Crippen MR) is 154 cm³/mol. The van der Waals surface area contributed by atoms with Crippen LogP contribution >= 0.6 is 69.6 Å². The second-order valence-electron chi connectivity index (χ2n) is 7.79. The fourth-order valence-corrected chi connectivity index (χ4v) is 5.05. The first kappa shape index (κ1) is 30.0. The van der Waals surface area contributed by atoms with Crippen LogP contribution in [0.25, 0.3) is 0 Å². The molecule has 0 aromatic heterocycles. The molecule has 3 N–H and O–H groups in total. The average Bonchev–Trinajstić information content (AvgIpc) is 2.86. The third kappa shape index (κ3) is 6.17. The molecule has 0 amide bonds. The molecule has 4 aromatic rings. The number of benzene rings is 4. The Morgan fingerprint density at radius 1 is 0.450 bits per heavy atom. The van der Waals surface area contributed by atoms with Crippen molar-refractivity contribution in [3.8, 4) is 63.2 Å². The first-order valence-electron chi connectivity index (χ1n) is 10.8. The Labute approximate surface area is 257 Å². The van der Waals surface area contributed by atoms with Crippen molar-refractivity contribution in [3.05, 3.63) is 72.6 Å². The van der Waals surface area contributed by atoms with Gasteiger partial charge in [0.1, 0.15) is 17.2 Å². The van der Waals surface area contributed by atoms with E-state index in [9.17, 15) is 15.3 Å². The number of ether oxygens (including phenoxy) is 5. The van der Waals surface area contributed by atoms with Crippen molar-refractivity contribution < 1.29 is 39.0 Å². The van der Waals surface area contributed by atoms with Crippen molar-refractivity contribution in [2.75, 3.05) is 14.2 Å². The van der Waals surface area contributed by atoms with Gasteiger partial charge in [-0.3, -0.25) is 0 Å². The van der Waals surface area contributed by atoms with Gasteiger partial charge in [-0.2, -0.15) is 0 Å². The fourth-order valence-electron chi connectivity index (χ4n) is 3.40. The molecular weight excluding hydrogens is 653 g/mol. The molecule has 0 radical (unpaired) electrons. The predicted octanol–water partition coefficient (Wildman–Crippen LogP) is 10.1. The third-order valence-electron chi connectivity index (χ3n) is 5.13. The zero-order valence-corrected chi connectivity index (χ0v) is 24.7. The van der Waals surface area contributed by atoms with Crippen LogP contribution in [0, 0.1) is 0 Å². The summed E-state index contributed by atoms with van der Waals surface area (Å²) in [5.74, 6) is -1.78. The van der Waals surface area contributed by atoms with E-state index in [2.05, 4.69) is 0 Å². The van der Waals surface area contributed by atoms with Gasteiger partial charge in [-0.1, -0.05) is 69.6 Å². The van der Waals surface area contributed by atoms with E-state index >= 15 is 0 Å². The van der Waals surface area contributed by atoms with Gasteiger partial charge in [0, 0.05) is 42.5 Å². The molecule has 0 unspecified atom stereocenters. The summed E-state index contributed by atoms with van der Waals surface area (Å²) in [7, 11) is 2.71. The molecule has 4 aromatic carbocycles. The number of phenols is 3. The molecule has 0 saturated heterocycles. The standard InChI is InChI=1S/C26H16Cl6O8/c1-36-12-7-17(31)23(18(32)8-12)39-24-19(35)9-20(38-21-13(27)3-10(33)4-14(21)28)25(37-2)26(24)40-22-15(29)5-11(34)6-16(22)30/h3-9,33-35H,1-2H3. The van der Waals surface area contributed by atoms with Crippen molar-refractivity contribution in [1.29, 1.82) is 0 Å². The molecule has 0 aliphatic rings. The summed E-state index contributed by atoms with van der Waals surface area (Å²) in [5.41, 5.74) is 0. The van der Waals surface area contributed by atoms with E-state index in [1.54, 1.807) is 0 Å². The highest BCUT2D eigenvalue weighted by Crippen LogP contribution is 2.57. The maximum atomic E-state index is 11.1. The lowest BCUT2D eigenvalue weighted by molar-refractivity contribution is 0.328. The first-order chi connectivity index (χ1) is 18.9. The summed E-state index contributed by atoms with van der Waals surface area (Å²) >= 11 is 37.7. The summed E-state index contributed by atoms with van der Waals surface area (Å²) < 4.78 is 28.5. The molecule has 0 fully saturated rings. The van der Waals surface area contributed by atoms with E-state index in [0.717, 1.165) is 6.07 Å². The minimum atomic E-state index is -0.536. The Morgan fingerprint density at radius 2 is 0.850 bits per heavy atom. The molecule has 0 aliphatic heterocycles. The van der Waals surface area contributed by atoms with Gasteiger partial charge in [-0.25, -0.2) is 0 Å². The van der Waals surface area contributed by atoms with Gasteiger partial charge in [0.05, 0.1) is 44.4 Å². The Kier molecular flexibility index (Phi) is 9.19. The number of aromatic hydroxyl groups is 3. The monoisotopic (exact) mass is 666 g/mol. The lowest BCUT2D eigenvalue weighted by atomic mass is 10.2. The number of phenolic OH excluding ortho intramolecular Hbond substituents is 3. The van der Waals surface area contributed by atoms with Gasteiger partial charge in [-0.15, -0.1) is 0 Å². The first-order valence-corrected chi connectivity index (χ1v) is 13.1. The molecule has 0 atom stereocenters. The van der Waals surface area contributed by atoms with Crippen LogP contribution in [0.5, 0.6) is 63.2 Å². The number of halogens is 6. The molecule has 4 rings (SSSR count). The van der Waals surface area contributed by atoms with Gasteiger partial charge in [0.25, 0.3) is 0 Å². The second kappa shape index (κ2) is 12.3. The quantitative estimate of drug-likeness (QED) is 0.170. The zero-order chi connectivity index (χ0) is 29.3. The summed E-state index contributed by atoms with van der Waals surface area (Å²) in [6, 6.07) is 8.79. The molecule has 0 saturated carbocycles. The highest BCUT2D eigenvalue weighted by molar-refractivity contribution is 6.38. The maximum absolute atomic E-state index is 11.1. The Hall–Kier alpha value is -2.98. The molecule has 8 nitrogen and oxygen atoms in total. The lowest BCUT2D eigenvalue weighted by Crippen LogP contribution is -2.00. The maximum Gasteiger partial charge on any atom is 0.219 e. The average molecular weight is 669 g/mol. The van der Waals surface area contributed by atoms with Crippen LogP contribution in [0.1, 0.15) is 0 Å². The number of hydrogen-bond acceptors (Lipinski definition) is 8. The SMILES string of the molecule is COc1cc(Cl)c(Oc2c(O)cc(Oc3c(Cl)cc(O)cc3Cl)c(OC)c2Oc2c(Cl)cc(O)cc2Cl)c(Cl)c1. The second-order valence-corrected chi connectivity index (χ2v) is 10.2. The van der Waals surface area contributed by atoms with E-state index in [1.165, 1.54) is 50.6 Å². The Bertz CT molecular complexity index is 1540. The Balaban J connectivity index is 1.94. The van der Waals surface area contributed by atoms with Crippen molar-refractivity contribution >= 4 is 69.6 Å². The van der Waals surface area contributed by atoms with Gasteiger partial charge < -0.3 is 39.0 Å². The van der Waals surface area contributed by atoms with Crippen LogP contribution in [-0.2, 0) is 0 Å². The van der Waals surface area contributed by atoms with Gasteiger partial charge >= 0.3 is 0 Å². The van der Waals surface area contributed by atoms with Crippen molar-refractivity contribution in [1.82, 2.24) is 0 Å². The highest BCUT2D eigenvalue weighted by atomic mass is 35.5. The largest absolute Gasteiger partial charge is 0.508 e. The fraction of sp³-hybridized carbons (Fsp3) is 0.0769. The van der Waals surface area contributed by atoms with Crippen molar-refractivity contribution in [3.63, 3.8) is 0 Å². The smallest absolute Gasteiger partial charge is 0.219 e. The number of hydrogen-bond donors (Lipinski definition) is 3. The lowest BCUT2D eigenvalue weighted by Gasteiger charge is -2.21. The molecule has 0 spiro atoms. The van der Waals surface area contributed by atoms with Crippen LogP contribution in [0.2, 0.25) is 30.1 Å². The van der Waals surface area contributed by atoms with Crippen LogP contribution in [0.4, 0.5) is 0 Å². The van der Waals surface area contributed by atoms with Crippen molar-refractivity contribution in [2.45, 2.75) is 0 Å². The topological polar surface area (TPSA) is 107 Å². The zero-order valence-electron chi connectivity index (χ0n) is 20.2. The van der Waals surface area contributed by atoms with Crippen LogP contribution in [0.3, 0.4) is 0 Å². The molecule has 0 bridgehead atoms. The minimum Gasteiger partial charge on any atom is -0.508 e. The van der Waals surface area contributed by atoms with Gasteiger partial charge in [0.2, 0.25) is 17.2 Å². The molecule has 210 valence electrons. The van der Waals surface area contributed by atoms with Crippen LogP contribution in [-0.4, -0.2) is 29.5 Å². The summed E-state index contributed by atoms with van der Waals surface area (Å²) in [4.78, 5) is 0. The van der Waals surface area contributed by atoms with Crippen LogP contribution < -0.4 is 23.7 Å². The number of rotatable bonds is 8. The summed E-state index contributed by atoms with van der Waals surface area (Å²) in [6.07, 6.45) is 0. The summed E-state index contributed by atoms with van der Waals surface area (Å²) in [5, 5.41) is 30.5. The normalized spacial score (nSPS) is 10.8. The van der Waals surface area contributed by atoms with E-state index in [0.29, 0.717) is 5.75 Å². The van der Waals surface area contributed by atoms with E-state index in [-0.39, 0.29) is 81.9 Å². The van der Waals surface area contributed by atoms with E-state index < -0.39 is 5.75 Å². The molecular formula is C26H16Cl6O8. The van der Waals surface area contributed by atoms with Crippen molar-refractivity contribution in [2.24, 2.45) is 0 Å². The molecule has 0 aliphatic carbocycles.